The summed E-state index contributed by atoms with van der Waals surface area (Å²) in [6, 6.07) is 32.3. The molecule has 0 saturated heterocycles. The molecule has 0 bridgehead atoms. The van der Waals surface area contributed by atoms with E-state index in [9.17, 15) is 14.7 Å². The Bertz CT molecular complexity index is 2070. The fourth-order valence-corrected chi connectivity index (χ4v) is 9.00. The van der Waals surface area contributed by atoms with Crippen molar-refractivity contribution in [3.63, 3.8) is 0 Å². The zero-order valence-electron chi connectivity index (χ0n) is 29.3. The second kappa shape index (κ2) is 13.3. The predicted octanol–water partition coefficient (Wildman–Crippen LogP) is 7.95. The maximum atomic E-state index is 13.9. The molecule has 9 rings (SSSR count). The molecule has 2 aliphatic heterocycles. The quantitative estimate of drug-likeness (QED) is 0.178. The van der Waals surface area contributed by atoms with Crippen molar-refractivity contribution in [2.24, 2.45) is 5.92 Å². The van der Waals surface area contributed by atoms with Gasteiger partial charge >= 0.3 is 0 Å². The molecule has 1 amide bonds. The second-order valence-electron chi connectivity index (χ2n) is 14.6. The SMILES string of the molecule is COc1cc2c(cc1OCc1cccc(COc3cc4c(cc3CO)C(=O)N3c5ccccc5C[C@H]3CC4)c1)CC[C@@H]1Cc3ccccc3C1C2=O. The van der Waals surface area contributed by atoms with Crippen LogP contribution in [0.2, 0.25) is 0 Å². The molecule has 2 aliphatic carbocycles. The summed E-state index contributed by atoms with van der Waals surface area (Å²) in [6.45, 7) is 0.386. The number of methoxy groups -OCH3 is 1. The average molecular weight is 692 g/mol. The number of nitrogens with zero attached hydrogens (tertiary/aromatic N) is 1. The smallest absolute Gasteiger partial charge is 0.258 e. The minimum atomic E-state index is -0.230. The maximum Gasteiger partial charge on any atom is 0.258 e. The number of aliphatic hydroxyl groups is 1. The van der Waals surface area contributed by atoms with Gasteiger partial charge < -0.3 is 24.2 Å². The van der Waals surface area contributed by atoms with Crippen molar-refractivity contribution >= 4 is 17.4 Å². The molecule has 7 nitrogen and oxygen atoms in total. The van der Waals surface area contributed by atoms with E-state index >= 15 is 0 Å². The summed E-state index contributed by atoms with van der Waals surface area (Å²) in [4.78, 5) is 29.7. The average Bonchev–Trinajstić information content (AvgIpc) is 3.67. The minimum absolute atomic E-state index is 0.0116. The lowest BCUT2D eigenvalue weighted by molar-refractivity contribution is 0.0937. The molecule has 4 aliphatic rings. The van der Waals surface area contributed by atoms with Crippen molar-refractivity contribution in [1.29, 1.82) is 0 Å². The summed E-state index contributed by atoms with van der Waals surface area (Å²) in [5.74, 6) is 2.15. The Morgan fingerprint density at radius 1 is 0.692 bits per heavy atom. The fourth-order valence-electron chi connectivity index (χ4n) is 9.00. The van der Waals surface area contributed by atoms with Gasteiger partial charge in [0.15, 0.2) is 17.3 Å². The van der Waals surface area contributed by atoms with Crippen molar-refractivity contribution in [3.05, 3.63) is 153 Å². The van der Waals surface area contributed by atoms with Crippen LogP contribution in [0.4, 0.5) is 5.69 Å². The summed E-state index contributed by atoms with van der Waals surface area (Å²) in [6.07, 6.45) is 5.22. The number of carbonyl (C=O) groups is 2. The highest BCUT2D eigenvalue weighted by atomic mass is 16.5. The molecule has 1 N–H and O–H groups in total. The first kappa shape index (κ1) is 32.5. The van der Waals surface area contributed by atoms with Gasteiger partial charge in [-0.1, -0.05) is 60.7 Å². The van der Waals surface area contributed by atoms with E-state index in [-0.39, 0.29) is 30.3 Å². The molecule has 0 fully saturated rings. The normalized spacial score (nSPS) is 19.7. The molecule has 1 unspecified atom stereocenters. The monoisotopic (exact) mass is 691 g/mol. The van der Waals surface area contributed by atoms with Gasteiger partial charge in [0.1, 0.15) is 19.0 Å². The van der Waals surface area contributed by atoms with Crippen LogP contribution >= 0.6 is 0 Å². The zero-order valence-corrected chi connectivity index (χ0v) is 29.3. The Labute approximate surface area is 303 Å². The Morgan fingerprint density at radius 3 is 2.21 bits per heavy atom. The molecule has 0 saturated carbocycles. The number of benzene rings is 5. The number of aliphatic hydroxyl groups excluding tert-OH is 1. The highest BCUT2D eigenvalue weighted by Crippen LogP contribution is 2.46. The number of fused-ring (bicyclic) bond motifs is 8. The molecule has 262 valence electrons. The number of para-hydroxylation sites is 1. The van der Waals surface area contributed by atoms with Crippen LogP contribution in [0.5, 0.6) is 17.2 Å². The third-order valence-electron chi connectivity index (χ3n) is 11.6. The van der Waals surface area contributed by atoms with E-state index in [1.807, 2.05) is 71.6 Å². The molecule has 0 aromatic heterocycles. The number of aryl methyl sites for hydroxylation is 2. The predicted molar refractivity (Wildman–Crippen MR) is 199 cm³/mol. The lowest BCUT2D eigenvalue weighted by Gasteiger charge is -2.23. The maximum absolute atomic E-state index is 13.9. The van der Waals surface area contributed by atoms with Gasteiger partial charge in [0, 0.05) is 28.4 Å². The molecule has 5 aromatic carbocycles. The number of ketones is 1. The molecule has 0 spiro atoms. The third-order valence-corrected chi connectivity index (χ3v) is 11.6. The fraction of sp³-hybridized carbons (Fsp3) is 0.289. The Hall–Kier alpha value is -5.40. The first-order valence-corrected chi connectivity index (χ1v) is 18.3. The highest BCUT2D eigenvalue weighted by molar-refractivity contribution is 6.09. The molecule has 52 heavy (non-hydrogen) atoms. The van der Waals surface area contributed by atoms with E-state index < -0.39 is 0 Å². The van der Waals surface area contributed by atoms with Crippen molar-refractivity contribution < 1.29 is 28.9 Å². The summed E-state index contributed by atoms with van der Waals surface area (Å²) >= 11 is 0. The van der Waals surface area contributed by atoms with E-state index in [1.54, 1.807) is 7.11 Å². The van der Waals surface area contributed by atoms with Crippen LogP contribution in [0.1, 0.15) is 84.0 Å². The van der Waals surface area contributed by atoms with E-state index in [2.05, 4.69) is 30.3 Å². The lowest BCUT2D eigenvalue weighted by atomic mass is 9.86. The van der Waals surface area contributed by atoms with Crippen molar-refractivity contribution in [2.45, 2.75) is 70.3 Å². The van der Waals surface area contributed by atoms with Crippen LogP contribution in [-0.4, -0.2) is 29.9 Å². The van der Waals surface area contributed by atoms with Gasteiger partial charge in [-0.3, -0.25) is 9.59 Å². The molecule has 2 heterocycles. The van der Waals surface area contributed by atoms with Gasteiger partial charge in [-0.2, -0.15) is 0 Å². The number of hydrogen-bond donors (Lipinski definition) is 1. The largest absolute Gasteiger partial charge is 0.493 e. The van der Waals surface area contributed by atoms with E-state index in [0.29, 0.717) is 47.5 Å². The number of carbonyl (C=O) groups excluding carboxylic acids is 2. The highest BCUT2D eigenvalue weighted by Gasteiger charge is 2.41. The molecular formula is C45H41NO6. The van der Waals surface area contributed by atoms with Gasteiger partial charge in [-0.25, -0.2) is 0 Å². The number of anilines is 1. The molecular weight excluding hydrogens is 650 g/mol. The van der Waals surface area contributed by atoms with Gasteiger partial charge in [0.05, 0.1) is 19.6 Å². The van der Waals surface area contributed by atoms with E-state index in [0.717, 1.165) is 72.0 Å². The third kappa shape index (κ3) is 5.64. The molecule has 7 heteroatoms. The van der Waals surface area contributed by atoms with Crippen molar-refractivity contribution in [1.82, 2.24) is 0 Å². The van der Waals surface area contributed by atoms with Gasteiger partial charge in [0.2, 0.25) is 0 Å². The molecule has 5 aromatic rings. The zero-order chi connectivity index (χ0) is 35.3. The number of rotatable bonds is 8. The van der Waals surface area contributed by atoms with Crippen LogP contribution in [0.25, 0.3) is 0 Å². The van der Waals surface area contributed by atoms with Crippen molar-refractivity contribution in [2.75, 3.05) is 12.0 Å². The van der Waals surface area contributed by atoms with Gasteiger partial charge in [-0.05, 0) is 120 Å². The second-order valence-corrected chi connectivity index (χ2v) is 14.6. The number of hydrogen-bond acceptors (Lipinski definition) is 6. The molecule has 3 atom stereocenters. The van der Waals surface area contributed by atoms with Crippen LogP contribution in [0.3, 0.4) is 0 Å². The topological polar surface area (TPSA) is 85.3 Å². The van der Waals surface area contributed by atoms with Gasteiger partial charge in [0.25, 0.3) is 5.91 Å². The Morgan fingerprint density at radius 2 is 1.40 bits per heavy atom. The van der Waals surface area contributed by atoms with E-state index in [4.69, 9.17) is 14.2 Å². The summed E-state index contributed by atoms with van der Waals surface area (Å²) < 4.78 is 18.4. The summed E-state index contributed by atoms with van der Waals surface area (Å²) in [7, 11) is 1.61. The summed E-state index contributed by atoms with van der Waals surface area (Å²) in [5.41, 5.74) is 10.5. The number of ether oxygens (including phenoxy) is 3. The van der Waals surface area contributed by atoms with Crippen LogP contribution in [0.15, 0.2) is 97.1 Å². The summed E-state index contributed by atoms with van der Waals surface area (Å²) in [5, 5.41) is 10.3. The first-order chi connectivity index (χ1) is 25.5. The van der Waals surface area contributed by atoms with Crippen LogP contribution in [0, 0.1) is 5.92 Å². The van der Waals surface area contributed by atoms with Crippen LogP contribution < -0.4 is 19.1 Å². The van der Waals surface area contributed by atoms with E-state index in [1.165, 1.54) is 16.7 Å². The lowest BCUT2D eigenvalue weighted by Crippen LogP contribution is -2.36. The minimum Gasteiger partial charge on any atom is -0.493 e. The Balaban J connectivity index is 0.898. The van der Waals surface area contributed by atoms with Crippen LogP contribution in [-0.2, 0) is 45.5 Å². The van der Waals surface area contributed by atoms with Gasteiger partial charge in [-0.15, -0.1) is 0 Å². The number of amides is 1. The first-order valence-electron chi connectivity index (χ1n) is 18.3. The van der Waals surface area contributed by atoms with Crippen molar-refractivity contribution in [3.8, 4) is 17.2 Å². The Kier molecular flexibility index (Phi) is 8.31. The molecule has 0 radical (unpaired) electrons. The number of Topliss-reactive ketones (excluding diaryl/α,β-unsaturated/α-hetero) is 1. The standard InChI is InChI=1S/C45H41NO6/c1-50-41-23-37-30(13-14-33-18-29-9-2-4-11-36(29)43(33)44(37)48)22-42(41)52-26-28-8-6-7-27(17-28)25-51-40-21-31-15-16-35-19-32-10-3-5-12-39(32)46(35)45(49)38(31)20-34(40)24-47/h2-12,17,20-23,33,35,43,47H,13-16,18-19,24-26H2,1H3/t33-,35-,43?/m1/s1.